The van der Waals surface area contributed by atoms with Crippen molar-refractivity contribution >= 4 is 14.9 Å². The van der Waals surface area contributed by atoms with Crippen LogP contribution in [0.2, 0.25) is 0 Å². The van der Waals surface area contributed by atoms with Gasteiger partial charge in [0.05, 0.1) is 0 Å². The summed E-state index contributed by atoms with van der Waals surface area (Å²) in [4.78, 5) is 0. The van der Waals surface area contributed by atoms with Crippen LogP contribution in [0.15, 0.2) is 24.3 Å². The van der Waals surface area contributed by atoms with E-state index in [4.69, 9.17) is 0 Å². The van der Waals surface area contributed by atoms with Crippen LogP contribution in [0.4, 0.5) is 0 Å². The second-order valence-corrected chi connectivity index (χ2v) is 6.44. The summed E-state index contributed by atoms with van der Waals surface area (Å²) in [6.07, 6.45) is 1.24. The first-order chi connectivity index (χ1) is 7.72. The number of benzene rings is 1. The molecule has 0 bridgehead atoms. The van der Waals surface area contributed by atoms with Crippen LogP contribution in [0.25, 0.3) is 0 Å². The van der Waals surface area contributed by atoms with Gasteiger partial charge < -0.3 is 4.57 Å². The Morgan fingerprint density at radius 1 is 1.12 bits per heavy atom. The summed E-state index contributed by atoms with van der Waals surface area (Å²) in [5.74, 6) is 0.708. The van der Waals surface area contributed by atoms with Crippen LogP contribution in [-0.4, -0.2) is 27.3 Å². The summed E-state index contributed by atoms with van der Waals surface area (Å²) in [6, 6.07) is 9.03. The van der Waals surface area contributed by atoms with Gasteiger partial charge in [-0.1, -0.05) is 52.0 Å². The molecule has 16 heavy (non-hydrogen) atoms. The molecule has 0 saturated heterocycles. The van der Waals surface area contributed by atoms with Crippen LogP contribution >= 0.6 is 0 Å². The van der Waals surface area contributed by atoms with E-state index in [1.165, 1.54) is 19.5 Å². The first-order valence-corrected chi connectivity index (χ1v) is 7.86. The quantitative estimate of drug-likeness (QED) is 0.684. The maximum Gasteiger partial charge on any atom is 0.127 e. The summed E-state index contributed by atoms with van der Waals surface area (Å²) in [5.41, 5.74) is 1.59. The van der Waals surface area contributed by atoms with Crippen molar-refractivity contribution in [1.29, 1.82) is 0 Å². The average Bonchev–Trinajstić information content (AvgIpc) is 2.35. The molecule has 1 aromatic rings. The number of nitrogens with zero attached hydrogens (tertiary/aromatic N) is 1. The highest BCUT2D eigenvalue weighted by molar-refractivity contribution is 6.51. The topological polar surface area (TPSA) is 3.24 Å². The molecule has 1 nitrogen and oxygen atoms in total. The van der Waals surface area contributed by atoms with E-state index in [1.54, 1.807) is 10.8 Å². The molecule has 0 N–H and O–H groups in total. The zero-order chi connectivity index (χ0) is 12.0. The van der Waals surface area contributed by atoms with Gasteiger partial charge in [0.15, 0.2) is 0 Å². The van der Waals surface area contributed by atoms with Gasteiger partial charge in [-0.15, -0.1) is 0 Å². The molecule has 0 radical (unpaired) electrons. The number of rotatable bonds is 6. The summed E-state index contributed by atoms with van der Waals surface area (Å²) in [6.45, 7) is 11.5. The van der Waals surface area contributed by atoms with Crippen molar-refractivity contribution in [2.45, 2.75) is 40.0 Å². The predicted octanol–water partition coefficient (Wildman–Crippen LogP) is 2.25. The SMILES string of the molecule is CCC(C)c1ccccc1[SiH2]N(CC)CC. The molecule has 1 aromatic carbocycles. The van der Waals surface area contributed by atoms with Gasteiger partial charge in [0.1, 0.15) is 9.68 Å². The molecule has 0 fully saturated rings. The van der Waals surface area contributed by atoms with E-state index in [9.17, 15) is 0 Å². The van der Waals surface area contributed by atoms with Gasteiger partial charge in [-0.3, -0.25) is 0 Å². The fraction of sp³-hybridized carbons (Fsp3) is 0.571. The van der Waals surface area contributed by atoms with Crippen LogP contribution in [-0.2, 0) is 0 Å². The molecule has 0 amide bonds. The van der Waals surface area contributed by atoms with Crippen molar-refractivity contribution in [2.75, 3.05) is 13.1 Å². The molecule has 1 atom stereocenters. The molecule has 0 aliphatic heterocycles. The largest absolute Gasteiger partial charge is 0.325 e. The lowest BCUT2D eigenvalue weighted by Gasteiger charge is -2.21. The van der Waals surface area contributed by atoms with Crippen molar-refractivity contribution in [3.63, 3.8) is 0 Å². The molecule has 90 valence electrons. The predicted molar refractivity (Wildman–Crippen MR) is 76.2 cm³/mol. The van der Waals surface area contributed by atoms with Gasteiger partial charge >= 0.3 is 0 Å². The van der Waals surface area contributed by atoms with E-state index in [1.807, 2.05) is 0 Å². The fourth-order valence-corrected chi connectivity index (χ4v) is 3.89. The maximum atomic E-state index is 2.61. The monoisotopic (exact) mass is 235 g/mol. The molecule has 1 unspecified atom stereocenters. The minimum atomic E-state index is -0.245. The van der Waals surface area contributed by atoms with Crippen molar-refractivity contribution in [1.82, 2.24) is 4.57 Å². The Kier molecular flexibility index (Phi) is 5.78. The lowest BCUT2D eigenvalue weighted by molar-refractivity contribution is 0.498. The zero-order valence-corrected chi connectivity index (χ0v) is 12.6. The third kappa shape index (κ3) is 3.46. The first-order valence-electron chi connectivity index (χ1n) is 6.53. The second-order valence-electron chi connectivity index (χ2n) is 4.47. The summed E-state index contributed by atoms with van der Waals surface area (Å²) in [5, 5.41) is 1.64. The average molecular weight is 235 g/mol. The van der Waals surface area contributed by atoms with E-state index in [2.05, 4.69) is 56.5 Å². The third-order valence-electron chi connectivity index (χ3n) is 3.49. The van der Waals surface area contributed by atoms with Gasteiger partial charge in [0.25, 0.3) is 0 Å². The molecule has 0 aromatic heterocycles. The van der Waals surface area contributed by atoms with E-state index in [-0.39, 0.29) is 9.68 Å². The van der Waals surface area contributed by atoms with Gasteiger partial charge in [-0.05, 0) is 36.2 Å². The zero-order valence-electron chi connectivity index (χ0n) is 11.2. The van der Waals surface area contributed by atoms with Crippen LogP contribution < -0.4 is 5.19 Å². The minimum absolute atomic E-state index is 0.245. The van der Waals surface area contributed by atoms with Crippen LogP contribution in [0.5, 0.6) is 0 Å². The molecular weight excluding hydrogens is 210 g/mol. The van der Waals surface area contributed by atoms with Crippen LogP contribution in [0.1, 0.15) is 45.6 Å². The molecule has 1 rings (SSSR count). The third-order valence-corrected chi connectivity index (χ3v) is 5.81. The van der Waals surface area contributed by atoms with Crippen molar-refractivity contribution in [3.8, 4) is 0 Å². The molecule has 0 heterocycles. The van der Waals surface area contributed by atoms with Crippen LogP contribution in [0.3, 0.4) is 0 Å². The molecule has 0 spiro atoms. The van der Waals surface area contributed by atoms with Crippen LogP contribution in [0, 0.1) is 0 Å². The molecule has 0 aliphatic carbocycles. The van der Waals surface area contributed by atoms with E-state index in [0.717, 1.165) is 0 Å². The van der Waals surface area contributed by atoms with Crippen molar-refractivity contribution in [2.24, 2.45) is 0 Å². The lowest BCUT2D eigenvalue weighted by Crippen LogP contribution is -2.37. The Hall–Kier alpha value is -0.603. The van der Waals surface area contributed by atoms with E-state index < -0.39 is 0 Å². The van der Waals surface area contributed by atoms with Gasteiger partial charge in [0.2, 0.25) is 0 Å². The highest BCUT2D eigenvalue weighted by Gasteiger charge is 2.10. The smallest absolute Gasteiger partial charge is 0.127 e. The van der Waals surface area contributed by atoms with E-state index in [0.29, 0.717) is 5.92 Å². The standard InChI is InChI=1S/C14H25NSi/c1-5-12(4)13-10-8-9-11-14(13)16-15(6-2)7-3/h8-12H,5-7,16H2,1-4H3. The Balaban J connectivity index is 2.86. The van der Waals surface area contributed by atoms with Gasteiger partial charge in [-0.25, -0.2) is 0 Å². The molecular formula is C14H25NSi. The highest BCUT2D eigenvalue weighted by atomic mass is 28.2. The summed E-state index contributed by atoms with van der Waals surface area (Å²) in [7, 11) is -0.245. The maximum absolute atomic E-state index is 2.61. The fourth-order valence-electron chi connectivity index (χ4n) is 2.07. The number of hydrogen-bond acceptors (Lipinski definition) is 1. The molecule has 0 aliphatic rings. The lowest BCUT2D eigenvalue weighted by atomic mass is 9.99. The summed E-state index contributed by atoms with van der Waals surface area (Å²) < 4.78 is 2.61. The first kappa shape index (κ1) is 13.5. The minimum Gasteiger partial charge on any atom is -0.325 e. The van der Waals surface area contributed by atoms with Gasteiger partial charge in [-0.2, -0.15) is 0 Å². The second kappa shape index (κ2) is 6.87. The molecule has 0 saturated carbocycles. The Bertz CT molecular complexity index is 307. The Labute approximate surface area is 103 Å². The van der Waals surface area contributed by atoms with E-state index >= 15 is 0 Å². The molecule has 2 heteroatoms. The highest BCUT2D eigenvalue weighted by Crippen LogP contribution is 2.16. The van der Waals surface area contributed by atoms with Crippen molar-refractivity contribution < 1.29 is 0 Å². The van der Waals surface area contributed by atoms with Gasteiger partial charge in [0, 0.05) is 0 Å². The summed E-state index contributed by atoms with van der Waals surface area (Å²) >= 11 is 0. The Morgan fingerprint density at radius 3 is 2.31 bits per heavy atom. The normalized spacial score (nSPS) is 13.8. The Morgan fingerprint density at radius 2 is 1.75 bits per heavy atom. The number of hydrogen-bond donors (Lipinski definition) is 0. The van der Waals surface area contributed by atoms with Crippen molar-refractivity contribution in [3.05, 3.63) is 29.8 Å².